The lowest BCUT2D eigenvalue weighted by Gasteiger charge is -2.13. The first-order chi connectivity index (χ1) is 15.1. The number of aliphatic imine (C=N–C) groups is 1. The number of hydrogen-bond acceptors (Lipinski definition) is 8. The second-order valence-electron chi connectivity index (χ2n) is 6.46. The van der Waals surface area contributed by atoms with Crippen LogP contribution in [-0.2, 0) is 4.79 Å². The van der Waals surface area contributed by atoms with Gasteiger partial charge in [0.05, 0.1) is 12.0 Å². The summed E-state index contributed by atoms with van der Waals surface area (Å²) in [6.07, 6.45) is 1.32. The highest BCUT2D eigenvalue weighted by Gasteiger charge is 2.19. The monoisotopic (exact) mass is 412 g/mol. The fraction of sp³-hybridized carbons (Fsp3) is 0.0455. The van der Waals surface area contributed by atoms with Gasteiger partial charge in [0.1, 0.15) is 6.01 Å². The molecule has 9 heteroatoms. The summed E-state index contributed by atoms with van der Waals surface area (Å²) in [5.41, 5.74) is 3.18. The quantitative estimate of drug-likeness (QED) is 0.312. The third-order valence-corrected chi connectivity index (χ3v) is 4.52. The first-order valence-corrected chi connectivity index (χ1v) is 9.21. The maximum absolute atomic E-state index is 12.2. The molecule has 152 valence electrons. The molecule has 31 heavy (non-hydrogen) atoms. The number of carbonyl (C=O) groups excluding carboxylic acids is 2. The highest BCUT2D eigenvalue weighted by Crippen LogP contribution is 2.23. The van der Waals surface area contributed by atoms with Crippen molar-refractivity contribution in [3.8, 4) is 0 Å². The molecule has 0 spiro atoms. The van der Waals surface area contributed by atoms with Crippen LogP contribution >= 0.6 is 0 Å². The van der Waals surface area contributed by atoms with E-state index in [1.54, 1.807) is 37.4 Å². The maximum Gasteiger partial charge on any atom is 0.300 e. The molecule has 1 aliphatic heterocycles. The maximum atomic E-state index is 12.2. The van der Waals surface area contributed by atoms with Crippen LogP contribution in [0.3, 0.4) is 0 Å². The zero-order valence-electron chi connectivity index (χ0n) is 16.3. The third-order valence-electron chi connectivity index (χ3n) is 4.52. The molecule has 0 radical (unpaired) electrons. The number of carbonyl (C=O) groups is 2. The molecule has 1 aromatic heterocycles. The van der Waals surface area contributed by atoms with Crippen LogP contribution in [0.15, 0.2) is 80.5 Å². The van der Waals surface area contributed by atoms with Gasteiger partial charge >= 0.3 is 0 Å². The largest absolute Gasteiger partial charge is 0.461 e. The molecule has 2 aromatic carbocycles. The van der Waals surface area contributed by atoms with Gasteiger partial charge in [0.25, 0.3) is 11.7 Å². The lowest BCUT2D eigenvalue weighted by molar-refractivity contribution is -0.112. The molecule has 0 saturated heterocycles. The van der Waals surface area contributed by atoms with E-state index in [0.29, 0.717) is 28.2 Å². The van der Waals surface area contributed by atoms with Crippen molar-refractivity contribution in [3.63, 3.8) is 0 Å². The number of amides is 1. The molecular weight excluding hydrogens is 396 g/mol. The minimum absolute atomic E-state index is 0.0432. The summed E-state index contributed by atoms with van der Waals surface area (Å²) in [5.74, 6) is -1.24. The SMILES string of the molecule is CNc1ccc(C2=NN=C=N2)cc1C(=N)c1cccc(NC(=O)C(=O)c2ccco2)c1. The average molecular weight is 412 g/mol. The van der Waals surface area contributed by atoms with Crippen LogP contribution in [0.5, 0.6) is 0 Å². The minimum Gasteiger partial charge on any atom is -0.461 e. The number of furan rings is 1. The smallest absolute Gasteiger partial charge is 0.300 e. The number of anilines is 2. The molecular formula is C22H16N6O3. The van der Waals surface area contributed by atoms with Gasteiger partial charge in [0.2, 0.25) is 0 Å². The van der Waals surface area contributed by atoms with E-state index in [4.69, 9.17) is 9.83 Å². The number of hydrogen-bond donors (Lipinski definition) is 3. The summed E-state index contributed by atoms with van der Waals surface area (Å²) >= 11 is 0. The highest BCUT2D eigenvalue weighted by molar-refractivity contribution is 6.45. The molecule has 1 aliphatic rings. The van der Waals surface area contributed by atoms with Crippen molar-refractivity contribution in [2.75, 3.05) is 17.7 Å². The molecule has 3 N–H and O–H groups in total. The average Bonchev–Trinajstić information content (AvgIpc) is 3.52. The molecule has 0 bridgehead atoms. The molecule has 3 aromatic rings. The summed E-state index contributed by atoms with van der Waals surface area (Å²) in [5, 5.41) is 21.8. The van der Waals surface area contributed by atoms with Gasteiger partial charge in [-0.2, -0.15) is 4.99 Å². The van der Waals surface area contributed by atoms with E-state index < -0.39 is 11.7 Å². The topological polar surface area (TPSA) is 132 Å². The molecule has 9 nitrogen and oxygen atoms in total. The van der Waals surface area contributed by atoms with E-state index >= 15 is 0 Å². The highest BCUT2D eigenvalue weighted by atomic mass is 16.3. The number of nitrogens with zero attached hydrogens (tertiary/aromatic N) is 3. The fourth-order valence-corrected chi connectivity index (χ4v) is 3.01. The van der Waals surface area contributed by atoms with Crippen molar-refractivity contribution >= 4 is 40.6 Å². The first-order valence-electron chi connectivity index (χ1n) is 9.21. The van der Waals surface area contributed by atoms with Gasteiger partial charge in [-0.05, 0) is 42.5 Å². The summed E-state index contributed by atoms with van der Waals surface area (Å²) < 4.78 is 4.97. The summed E-state index contributed by atoms with van der Waals surface area (Å²) in [6, 6.07) is 17.5. The Morgan fingerprint density at radius 2 is 1.97 bits per heavy atom. The summed E-state index contributed by atoms with van der Waals surface area (Å²) in [6.45, 7) is 0. The number of rotatable bonds is 7. The first kappa shape index (κ1) is 19.7. The lowest BCUT2D eigenvalue weighted by atomic mass is 9.98. The minimum atomic E-state index is -0.825. The molecule has 1 amide bonds. The Morgan fingerprint density at radius 1 is 1.10 bits per heavy atom. The van der Waals surface area contributed by atoms with Crippen molar-refractivity contribution < 1.29 is 14.0 Å². The summed E-state index contributed by atoms with van der Waals surface area (Å²) in [7, 11) is 1.76. The molecule has 0 atom stereocenters. The second kappa shape index (κ2) is 8.40. The van der Waals surface area contributed by atoms with Crippen LogP contribution in [0.2, 0.25) is 0 Å². The Balaban J connectivity index is 1.60. The summed E-state index contributed by atoms with van der Waals surface area (Å²) in [4.78, 5) is 28.3. The lowest BCUT2D eigenvalue weighted by Crippen LogP contribution is -2.22. The number of nitrogens with one attached hydrogen (secondary N) is 3. The Kier molecular flexibility index (Phi) is 5.33. The van der Waals surface area contributed by atoms with Gasteiger partial charge in [-0.15, -0.1) is 5.10 Å². The van der Waals surface area contributed by atoms with Crippen LogP contribution in [0.25, 0.3) is 0 Å². The van der Waals surface area contributed by atoms with Crippen LogP contribution < -0.4 is 10.6 Å². The molecule has 4 rings (SSSR count). The predicted molar refractivity (Wildman–Crippen MR) is 116 cm³/mol. The van der Waals surface area contributed by atoms with Gasteiger partial charge in [0.15, 0.2) is 11.6 Å². The van der Waals surface area contributed by atoms with Crippen molar-refractivity contribution in [1.29, 1.82) is 5.41 Å². The zero-order valence-corrected chi connectivity index (χ0v) is 16.3. The molecule has 0 saturated carbocycles. The fourth-order valence-electron chi connectivity index (χ4n) is 3.01. The molecule has 0 fully saturated rings. The number of amidine groups is 1. The van der Waals surface area contributed by atoms with Crippen molar-refractivity contribution in [2.24, 2.45) is 15.2 Å². The van der Waals surface area contributed by atoms with Crippen LogP contribution in [-0.4, -0.2) is 36.3 Å². The Labute approximate surface area is 176 Å². The van der Waals surface area contributed by atoms with Gasteiger partial charge < -0.3 is 15.1 Å². The predicted octanol–water partition coefficient (Wildman–Crippen LogP) is 3.41. The van der Waals surface area contributed by atoms with Crippen LogP contribution in [0, 0.1) is 5.41 Å². The van der Waals surface area contributed by atoms with Gasteiger partial charge in [-0.25, -0.2) is 0 Å². The third kappa shape index (κ3) is 4.07. The van der Waals surface area contributed by atoms with Crippen molar-refractivity contribution in [1.82, 2.24) is 0 Å². The Morgan fingerprint density at radius 3 is 2.68 bits per heavy atom. The van der Waals surface area contributed by atoms with E-state index in [2.05, 4.69) is 31.8 Å². The van der Waals surface area contributed by atoms with E-state index in [1.165, 1.54) is 18.4 Å². The zero-order chi connectivity index (χ0) is 21.8. The van der Waals surface area contributed by atoms with E-state index in [9.17, 15) is 9.59 Å². The normalized spacial score (nSPS) is 11.8. The van der Waals surface area contributed by atoms with Crippen LogP contribution in [0.1, 0.15) is 27.2 Å². The Hall–Kier alpha value is -4.62. The van der Waals surface area contributed by atoms with Gasteiger partial charge in [-0.3, -0.25) is 15.0 Å². The molecule has 0 unspecified atom stereocenters. The number of benzene rings is 2. The second-order valence-corrected chi connectivity index (χ2v) is 6.46. The van der Waals surface area contributed by atoms with Crippen molar-refractivity contribution in [3.05, 3.63) is 83.3 Å². The van der Waals surface area contributed by atoms with Crippen molar-refractivity contribution in [2.45, 2.75) is 0 Å². The number of ketones is 1. The molecule has 2 heterocycles. The standard InChI is InChI=1S/C22H16N6O3/c1-24-17-8-7-14(21-25-12-26-28-21)11-16(17)19(23)13-4-2-5-15(10-13)27-22(30)20(29)18-6-3-9-31-18/h2-11,23-24H,1H3,(H,27,30). The van der Waals surface area contributed by atoms with Crippen LogP contribution in [0.4, 0.5) is 11.4 Å². The Bertz CT molecular complexity index is 1280. The number of Topliss-reactive ketones (excluding diaryl/α,β-unsaturated/α-hetero) is 1. The van der Waals surface area contributed by atoms with Gasteiger partial charge in [0, 0.05) is 35.1 Å². The van der Waals surface area contributed by atoms with E-state index in [0.717, 1.165) is 5.69 Å². The van der Waals surface area contributed by atoms with Gasteiger partial charge in [-0.1, -0.05) is 17.2 Å². The van der Waals surface area contributed by atoms with E-state index in [1.807, 2.05) is 12.1 Å². The van der Waals surface area contributed by atoms with E-state index in [-0.39, 0.29) is 11.5 Å². The molecule has 0 aliphatic carbocycles.